The van der Waals surface area contributed by atoms with E-state index in [2.05, 4.69) is 6.92 Å². The van der Waals surface area contributed by atoms with E-state index in [-0.39, 0.29) is 5.57 Å². The summed E-state index contributed by atoms with van der Waals surface area (Å²) in [5.41, 5.74) is 1.71. The molecule has 3 rings (SSSR count). The van der Waals surface area contributed by atoms with Crippen molar-refractivity contribution in [2.24, 2.45) is 0 Å². The van der Waals surface area contributed by atoms with Gasteiger partial charge in [0.1, 0.15) is 5.75 Å². The molecule has 1 amide bonds. The van der Waals surface area contributed by atoms with Crippen molar-refractivity contribution in [3.63, 3.8) is 0 Å². The predicted octanol–water partition coefficient (Wildman–Crippen LogP) is 1.95. The number of methoxy groups -OCH3 is 1. The molecule has 8 heteroatoms. The third-order valence-corrected chi connectivity index (χ3v) is 6.38. The van der Waals surface area contributed by atoms with E-state index in [0.29, 0.717) is 54.7 Å². The molecule has 2 aromatic rings. The van der Waals surface area contributed by atoms with Gasteiger partial charge in [0.05, 0.1) is 53.6 Å². The number of carbonyl (C=O) groups excluding carboxylic acids is 2. The number of quaternary nitrogens is 1. The van der Waals surface area contributed by atoms with Crippen molar-refractivity contribution in [3.05, 3.63) is 58.7 Å². The number of aryl methyl sites for hydroxylation is 1. The number of carbonyl (C=O) groups is 2. The molecule has 8 nitrogen and oxygen atoms in total. The zero-order valence-corrected chi connectivity index (χ0v) is 22.7. The first kappa shape index (κ1) is 28.1. The van der Waals surface area contributed by atoms with Gasteiger partial charge in [-0.15, -0.1) is 0 Å². The van der Waals surface area contributed by atoms with Crippen LogP contribution in [0.5, 0.6) is 17.2 Å². The summed E-state index contributed by atoms with van der Waals surface area (Å²) in [7, 11) is 5.47. The van der Waals surface area contributed by atoms with Crippen LogP contribution in [0.1, 0.15) is 49.4 Å². The van der Waals surface area contributed by atoms with Gasteiger partial charge in [0.2, 0.25) is 5.78 Å². The molecule has 0 aromatic heterocycles. The lowest BCUT2D eigenvalue weighted by Gasteiger charge is -2.28. The zero-order valence-electron chi connectivity index (χ0n) is 22.7. The summed E-state index contributed by atoms with van der Waals surface area (Å²) in [6.45, 7) is 7.83. The Morgan fingerprint density at radius 3 is 2.38 bits per heavy atom. The van der Waals surface area contributed by atoms with Crippen molar-refractivity contribution in [1.82, 2.24) is 4.90 Å². The second-order valence-electron chi connectivity index (χ2n) is 9.46. The first-order valence-corrected chi connectivity index (χ1v) is 12.8. The molecule has 1 fully saturated rings. The highest BCUT2D eigenvalue weighted by Gasteiger charge is 2.44. The van der Waals surface area contributed by atoms with Crippen LogP contribution in [0.15, 0.2) is 42.0 Å². The van der Waals surface area contributed by atoms with Crippen LogP contribution in [0.2, 0.25) is 0 Å². The molecule has 1 saturated heterocycles. The Balaban J connectivity index is 2.10. The smallest absolute Gasteiger partial charge is 0.295 e. The topological polar surface area (TPSA) is 92.6 Å². The summed E-state index contributed by atoms with van der Waals surface area (Å²) in [6.07, 6.45) is 1.96. The standard InChI is InChI=1S/C29H38N2O6/c1-7-9-16-37-22-12-11-21(17-19(22)3)27(32)25-26(31(15-14-30(4)5)29(34)28(25)33)20-10-13-23(36-8-2)24(18-20)35-6/h10-13,17-18,26,32H,7-9,14-16H2,1-6H3. The maximum Gasteiger partial charge on any atom is 0.295 e. The molecule has 1 unspecified atom stereocenters. The minimum Gasteiger partial charge on any atom is -0.872 e. The maximum atomic E-state index is 13.8. The summed E-state index contributed by atoms with van der Waals surface area (Å²) < 4.78 is 17.0. The van der Waals surface area contributed by atoms with E-state index in [9.17, 15) is 14.7 Å². The van der Waals surface area contributed by atoms with Gasteiger partial charge in [-0.05, 0) is 61.2 Å². The fourth-order valence-corrected chi connectivity index (χ4v) is 4.36. The second kappa shape index (κ2) is 12.6. The van der Waals surface area contributed by atoms with Crippen molar-refractivity contribution in [3.8, 4) is 17.2 Å². The first-order valence-electron chi connectivity index (χ1n) is 12.8. The largest absolute Gasteiger partial charge is 0.872 e. The van der Waals surface area contributed by atoms with Crippen LogP contribution in [-0.4, -0.2) is 64.1 Å². The second-order valence-corrected chi connectivity index (χ2v) is 9.46. The van der Waals surface area contributed by atoms with Crippen molar-refractivity contribution in [1.29, 1.82) is 0 Å². The van der Waals surface area contributed by atoms with Crippen molar-refractivity contribution < 1.29 is 33.8 Å². The lowest BCUT2D eigenvalue weighted by molar-refractivity contribution is -0.857. The lowest BCUT2D eigenvalue weighted by Crippen LogP contribution is -3.06. The third-order valence-electron chi connectivity index (χ3n) is 6.38. The van der Waals surface area contributed by atoms with E-state index in [4.69, 9.17) is 14.2 Å². The van der Waals surface area contributed by atoms with Gasteiger partial charge >= 0.3 is 0 Å². The number of rotatable bonds is 12. The van der Waals surface area contributed by atoms with Gasteiger partial charge in [0.25, 0.3) is 5.91 Å². The number of amides is 1. The molecule has 1 aliphatic rings. The van der Waals surface area contributed by atoms with Gasteiger partial charge < -0.3 is 29.1 Å². The maximum absolute atomic E-state index is 13.8. The number of nitrogens with zero attached hydrogens (tertiary/aromatic N) is 1. The van der Waals surface area contributed by atoms with Gasteiger partial charge in [-0.2, -0.15) is 0 Å². The van der Waals surface area contributed by atoms with Crippen LogP contribution < -0.4 is 24.2 Å². The number of ketones is 1. The van der Waals surface area contributed by atoms with Gasteiger partial charge in [0.15, 0.2) is 11.5 Å². The average Bonchev–Trinajstić information content (AvgIpc) is 3.13. The van der Waals surface area contributed by atoms with Crippen molar-refractivity contribution in [2.75, 3.05) is 47.5 Å². The number of benzene rings is 2. The Labute approximate surface area is 219 Å². The number of likely N-dealkylation sites (N-methyl/N-ethyl adjacent to an activating group) is 1. The zero-order chi connectivity index (χ0) is 27.1. The molecular weight excluding hydrogens is 472 g/mol. The molecule has 0 bridgehead atoms. The molecule has 1 N–H and O–H groups in total. The summed E-state index contributed by atoms with van der Waals surface area (Å²) in [5.74, 6) is -0.168. The molecule has 0 aliphatic carbocycles. The minimum atomic E-state index is -0.822. The van der Waals surface area contributed by atoms with Crippen LogP contribution in [-0.2, 0) is 9.59 Å². The fourth-order valence-electron chi connectivity index (χ4n) is 4.36. The van der Waals surface area contributed by atoms with Crippen LogP contribution in [0, 0.1) is 6.92 Å². The SMILES string of the molecule is CCCCOc1ccc(C([O-])=C2C(=O)C(=O)N(CC[NH+](C)C)C2c2ccc(OCC)c(OC)c2)cc1C. The number of Topliss-reactive ketones (excluding diaryl/α,β-unsaturated/α-hetero) is 1. The van der Waals surface area contributed by atoms with E-state index in [0.717, 1.165) is 23.3 Å². The molecule has 0 spiro atoms. The Kier molecular flexibility index (Phi) is 9.58. The highest BCUT2D eigenvalue weighted by Crippen LogP contribution is 2.41. The number of ether oxygens (including phenoxy) is 3. The Morgan fingerprint density at radius 1 is 1.03 bits per heavy atom. The predicted molar refractivity (Wildman–Crippen MR) is 140 cm³/mol. The van der Waals surface area contributed by atoms with E-state index in [1.54, 1.807) is 36.4 Å². The lowest BCUT2D eigenvalue weighted by atomic mass is 9.94. The minimum absolute atomic E-state index is 0.0518. The van der Waals surface area contributed by atoms with Crippen LogP contribution in [0.25, 0.3) is 5.76 Å². The summed E-state index contributed by atoms with van der Waals surface area (Å²) >= 11 is 0. The fraction of sp³-hybridized carbons (Fsp3) is 0.448. The monoisotopic (exact) mass is 510 g/mol. The highest BCUT2D eigenvalue weighted by atomic mass is 16.5. The van der Waals surface area contributed by atoms with E-state index in [1.165, 1.54) is 12.0 Å². The normalized spacial score (nSPS) is 16.9. The number of hydrogen-bond acceptors (Lipinski definition) is 6. The molecule has 1 aliphatic heterocycles. The van der Waals surface area contributed by atoms with Crippen molar-refractivity contribution >= 4 is 17.4 Å². The number of unbranched alkanes of at least 4 members (excludes halogenated alkanes) is 1. The molecule has 0 saturated carbocycles. The quantitative estimate of drug-likeness (QED) is 0.203. The molecule has 1 atom stereocenters. The van der Waals surface area contributed by atoms with Crippen LogP contribution >= 0.6 is 0 Å². The number of likely N-dealkylation sites (tertiary alicyclic amines) is 1. The molecule has 0 radical (unpaired) electrons. The molecule has 37 heavy (non-hydrogen) atoms. The molecule has 2 aromatic carbocycles. The number of nitrogens with one attached hydrogen (secondary N) is 1. The highest BCUT2D eigenvalue weighted by molar-refractivity contribution is 6.46. The average molecular weight is 511 g/mol. The van der Waals surface area contributed by atoms with Crippen LogP contribution in [0.4, 0.5) is 0 Å². The Hall–Kier alpha value is -3.52. The van der Waals surface area contributed by atoms with E-state index >= 15 is 0 Å². The molecule has 200 valence electrons. The van der Waals surface area contributed by atoms with Crippen molar-refractivity contribution in [2.45, 2.75) is 39.7 Å². The summed E-state index contributed by atoms with van der Waals surface area (Å²) in [6, 6.07) is 9.57. The van der Waals surface area contributed by atoms with Gasteiger partial charge in [0, 0.05) is 5.57 Å². The summed E-state index contributed by atoms with van der Waals surface area (Å²) in [4.78, 5) is 29.0. The van der Waals surface area contributed by atoms with E-state index in [1.807, 2.05) is 27.9 Å². The number of hydrogen-bond donors (Lipinski definition) is 1. The van der Waals surface area contributed by atoms with Gasteiger partial charge in [-0.25, -0.2) is 0 Å². The Morgan fingerprint density at radius 2 is 1.76 bits per heavy atom. The van der Waals surface area contributed by atoms with E-state index < -0.39 is 23.5 Å². The van der Waals surface area contributed by atoms with Gasteiger partial charge in [-0.1, -0.05) is 31.2 Å². The van der Waals surface area contributed by atoms with Gasteiger partial charge in [-0.3, -0.25) is 9.59 Å². The molecule has 1 heterocycles. The third kappa shape index (κ3) is 6.25. The first-order chi connectivity index (χ1) is 17.7. The Bertz CT molecular complexity index is 1160. The summed E-state index contributed by atoms with van der Waals surface area (Å²) in [5, 5.41) is 13.8. The molecular formula is C29H38N2O6. The van der Waals surface area contributed by atoms with Crippen LogP contribution in [0.3, 0.4) is 0 Å².